The van der Waals surface area contributed by atoms with E-state index >= 15 is 0 Å². The minimum atomic E-state index is -0.381. The molecule has 1 saturated heterocycles. The van der Waals surface area contributed by atoms with Gasteiger partial charge in [-0.15, -0.1) is 10.2 Å². The molecule has 0 atom stereocenters. The quantitative estimate of drug-likeness (QED) is 0.342. The van der Waals surface area contributed by atoms with Crippen LogP contribution in [0.5, 0.6) is 5.75 Å². The highest BCUT2D eigenvalue weighted by Crippen LogP contribution is 2.20. The molecule has 0 unspecified atom stereocenters. The first kappa shape index (κ1) is 27.1. The van der Waals surface area contributed by atoms with Crippen LogP contribution in [0.1, 0.15) is 23.2 Å². The Morgan fingerprint density at radius 3 is 2.33 bits per heavy atom. The third-order valence-corrected chi connectivity index (χ3v) is 6.81. The molecule has 1 aromatic heterocycles. The van der Waals surface area contributed by atoms with E-state index in [0.29, 0.717) is 36.8 Å². The number of rotatable bonds is 9. The minimum absolute atomic E-state index is 0.0273. The lowest BCUT2D eigenvalue weighted by Crippen LogP contribution is -2.48. The third-order valence-electron chi connectivity index (χ3n) is 6.81. The van der Waals surface area contributed by atoms with Crippen molar-refractivity contribution in [2.24, 2.45) is 0 Å². The number of aromatic amines is 1. The summed E-state index contributed by atoms with van der Waals surface area (Å²) in [6.07, 6.45) is 0.372. The Balaban J connectivity index is 1.09. The maximum Gasteiger partial charge on any atom is 0.273 e. The Labute approximate surface area is 230 Å². The summed E-state index contributed by atoms with van der Waals surface area (Å²) < 4.78 is 32.1. The van der Waals surface area contributed by atoms with Gasteiger partial charge in [0.1, 0.15) is 29.7 Å². The van der Waals surface area contributed by atoms with Crippen LogP contribution in [0.4, 0.5) is 8.78 Å². The molecule has 1 N–H and O–H groups in total. The normalized spacial score (nSPS) is 13.8. The number of carbonyl (C=O) groups is 1. The number of amides is 1. The molecular formula is C30H29F2N5O3. The summed E-state index contributed by atoms with van der Waals surface area (Å²) >= 11 is 0. The lowest BCUT2D eigenvalue weighted by atomic mass is 10.1. The molecule has 8 nitrogen and oxygen atoms in total. The minimum Gasteiger partial charge on any atom is -0.489 e. The number of carbonyl (C=O) groups excluding carboxylic acids is 1. The SMILES string of the molecule is O=C(CCc1nnc(-c2ccc(OCc3cccc(F)c3)cc2)[nH]c1=O)N1CCN(Cc2ccc(F)cc2)CC1. The van der Waals surface area contributed by atoms with Gasteiger partial charge in [0, 0.05) is 51.1 Å². The van der Waals surface area contributed by atoms with Gasteiger partial charge in [-0.2, -0.15) is 0 Å². The molecule has 10 heteroatoms. The number of benzene rings is 3. The Hall–Kier alpha value is -4.44. The van der Waals surface area contributed by atoms with Crippen LogP contribution in [-0.2, 0) is 24.4 Å². The first-order valence-electron chi connectivity index (χ1n) is 13.1. The number of aromatic nitrogens is 3. The van der Waals surface area contributed by atoms with Gasteiger partial charge in [0.15, 0.2) is 5.82 Å². The number of nitrogens with one attached hydrogen (secondary N) is 1. The predicted molar refractivity (Wildman–Crippen MR) is 145 cm³/mol. The number of hydrogen-bond donors (Lipinski definition) is 1. The molecule has 0 spiro atoms. The molecule has 1 aliphatic rings. The van der Waals surface area contributed by atoms with Crippen molar-refractivity contribution >= 4 is 5.91 Å². The van der Waals surface area contributed by atoms with Crippen LogP contribution in [0.2, 0.25) is 0 Å². The van der Waals surface area contributed by atoms with E-state index in [2.05, 4.69) is 20.1 Å². The standard InChI is InChI=1S/C30H29F2N5O3/c31-24-8-4-21(5-9-24)19-36-14-16-37(17-15-36)28(38)13-12-27-30(39)33-29(35-34-27)23-6-10-26(11-7-23)40-20-22-2-1-3-25(32)18-22/h1-11,18H,12-17,19-20H2,(H,33,35,39). The number of piperazine rings is 1. The van der Waals surface area contributed by atoms with E-state index in [-0.39, 0.29) is 48.2 Å². The third kappa shape index (κ3) is 7.15. The summed E-state index contributed by atoms with van der Waals surface area (Å²) in [5, 5.41) is 8.22. The largest absolute Gasteiger partial charge is 0.489 e. The fourth-order valence-corrected chi connectivity index (χ4v) is 4.54. The predicted octanol–water partition coefficient (Wildman–Crippen LogP) is 3.97. The van der Waals surface area contributed by atoms with Crippen LogP contribution >= 0.6 is 0 Å². The summed E-state index contributed by atoms with van der Waals surface area (Å²) in [7, 11) is 0. The number of hydrogen-bond acceptors (Lipinski definition) is 6. The molecule has 0 saturated carbocycles. The van der Waals surface area contributed by atoms with Crippen molar-refractivity contribution in [2.45, 2.75) is 26.0 Å². The Bertz CT molecular complexity index is 1500. The van der Waals surface area contributed by atoms with Crippen molar-refractivity contribution in [2.75, 3.05) is 26.2 Å². The molecule has 0 radical (unpaired) electrons. The van der Waals surface area contributed by atoms with Crippen molar-refractivity contribution in [3.63, 3.8) is 0 Å². The number of aryl methyl sites for hydroxylation is 1. The second kappa shape index (κ2) is 12.6. The molecule has 0 bridgehead atoms. The highest BCUT2D eigenvalue weighted by atomic mass is 19.1. The number of halogens is 2. The van der Waals surface area contributed by atoms with Gasteiger partial charge in [0.2, 0.25) is 5.91 Å². The smallest absolute Gasteiger partial charge is 0.273 e. The topological polar surface area (TPSA) is 91.4 Å². The van der Waals surface area contributed by atoms with Crippen molar-refractivity contribution < 1.29 is 18.3 Å². The van der Waals surface area contributed by atoms with Crippen LogP contribution in [-0.4, -0.2) is 57.1 Å². The summed E-state index contributed by atoms with van der Waals surface area (Å²) in [6.45, 7) is 3.60. The van der Waals surface area contributed by atoms with Crippen LogP contribution in [0.3, 0.4) is 0 Å². The van der Waals surface area contributed by atoms with Gasteiger partial charge in [0.05, 0.1) is 0 Å². The summed E-state index contributed by atoms with van der Waals surface area (Å²) in [5.41, 5.74) is 2.24. The van der Waals surface area contributed by atoms with Crippen molar-refractivity contribution in [3.05, 3.63) is 112 Å². The Kier molecular flexibility index (Phi) is 8.56. The molecule has 2 heterocycles. The van der Waals surface area contributed by atoms with Crippen LogP contribution in [0.25, 0.3) is 11.4 Å². The van der Waals surface area contributed by atoms with E-state index in [1.165, 1.54) is 24.3 Å². The van der Waals surface area contributed by atoms with Crippen LogP contribution in [0.15, 0.2) is 77.6 Å². The van der Waals surface area contributed by atoms with Gasteiger partial charge in [0.25, 0.3) is 5.56 Å². The molecule has 4 aromatic rings. The zero-order valence-electron chi connectivity index (χ0n) is 21.9. The van der Waals surface area contributed by atoms with Gasteiger partial charge in [-0.3, -0.25) is 14.5 Å². The average molecular weight is 546 g/mol. The number of ether oxygens (including phenoxy) is 1. The fourth-order valence-electron chi connectivity index (χ4n) is 4.54. The van der Waals surface area contributed by atoms with Gasteiger partial charge < -0.3 is 14.6 Å². The molecule has 5 rings (SSSR count). The van der Waals surface area contributed by atoms with Gasteiger partial charge in [-0.1, -0.05) is 24.3 Å². The van der Waals surface area contributed by atoms with Gasteiger partial charge in [-0.25, -0.2) is 8.78 Å². The monoisotopic (exact) mass is 545 g/mol. The lowest BCUT2D eigenvalue weighted by molar-refractivity contribution is -0.133. The van der Waals surface area contributed by atoms with Crippen molar-refractivity contribution in [1.82, 2.24) is 25.0 Å². The van der Waals surface area contributed by atoms with Crippen molar-refractivity contribution in [1.29, 1.82) is 0 Å². The molecule has 1 fully saturated rings. The highest BCUT2D eigenvalue weighted by molar-refractivity contribution is 5.76. The number of nitrogens with zero attached hydrogens (tertiary/aromatic N) is 4. The summed E-state index contributed by atoms with van der Waals surface area (Å²) in [5.74, 6) is 0.311. The Morgan fingerprint density at radius 2 is 1.62 bits per heavy atom. The average Bonchev–Trinajstić information content (AvgIpc) is 2.97. The maximum atomic E-state index is 13.3. The lowest BCUT2D eigenvalue weighted by Gasteiger charge is -2.34. The molecular weight excluding hydrogens is 516 g/mol. The maximum absolute atomic E-state index is 13.3. The van der Waals surface area contributed by atoms with Gasteiger partial charge >= 0.3 is 0 Å². The molecule has 40 heavy (non-hydrogen) atoms. The van der Waals surface area contributed by atoms with E-state index in [1.807, 2.05) is 0 Å². The first-order valence-corrected chi connectivity index (χ1v) is 13.1. The molecule has 1 amide bonds. The zero-order valence-corrected chi connectivity index (χ0v) is 21.9. The van der Waals surface area contributed by atoms with E-state index in [4.69, 9.17) is 4.74 Å². The van der Waals surface area contributed by atoms with E-state index < -0.39 is 0 Å². The van der Waals surface area contributed by atoms with E-state index in [9.17, 15) is 18.4 Å². The molecule has 206 valence electrons. The van der Waals surface area contributed by atoms with Crippen LogP contribution < -0.4 is 10.3 Å². The second-order valence-electron chi connectivity index (χ2n) is 9.68. The molecule has 3 aromatic carbocycles. The molecule has 1 aliphatic heterocycles. The fraction of sp³-hybridized carbons (Fsp3) is 0.267. The summed E-state index contributed by atoms with van der Waals surface area (Å²) in [6, 6.07) is 19.6. The highest BCUT2D eigenvalue weighted by Gasteiger charge is 2.21. The van der Waals surface area contributed by atoms with Gasteiger partial charge in [-0.05, 0) is 59.7 Å². The van der Waals surface area contributed by atoms with E-state index in [1.54, 1.807) is 53.4 Å². The Morgan fingerprint density at radius 1 is 0.875 bits per heavy atom. The first-order chi connectivity index (χ1) is 19.4. The second-order valence-corrected chi connectivity index (χ2v) is 9.68. The van der Waals surface area contributed by atoms with Crippen LogP contribution in [0, 0.1) is 11.6 Å². The molecule has 0 aliphatic carbocycles. The zero-order chi connectivity index (χ0) is 27.9. The summed E-state index contributed by atoms with van der Waals surface area (Å²) in [4.78, 5) is 32.1. The van der Waals surface area contributed by atoms with E-state index in [0.717, 1.165) is 24.2 Å². The van der Waals surface area contributed by atoms with Crippen molar-refractivity contribution in [3.8, 4) is 17.1 Å². The number of H-pyrrole nitrogens is 1.